The van der Waals surface area contributed by atoms with Gasteiger partial charge in [-0.1, -0.05) is 18.2 Å². The molecular formula is C25H26FN3O3. The van der Waals surface area contributed by atoms with Crippen LogP contribution in [0.25, 0.3) is 11.1 Å². The molecule has 0 fully saturated rings. The highest BCUT2D eigenvalue weighted by Gasteiger charge is 2.24. The minimum absolute atomic E-state index is 0.111. The highest BCUT2D eigenvalue weighted by molar-refractivity contribution is 5.68. The van der Waals surface area contributed by atoms with E-state index in [4.69, 9.17) is 9.84 Å². The first-order chi connectivity index (χ1) is 15.5. The van der Waals surface area contributed by atoms with Gasteiger partial charge in [0.1, 0.15) is 11.6 Å². The minimum Gasteiger partial charge on any atom is -0.494 e. The lowest BCUT2D eigenvalue weighted by Gasteiger charge is -2.17. The second-order valence-electron chi connectivity index (χ2n) is 8.10. The summed E-state index contributed by atoms with van der Waals surface area (Å²) in [5.74, 6) is 0.539. The van der Waals surface area contributed by atoms with Gasteiger partial charge in [0.05, 0.1) is 13.0 Å². The maximum absolute atomic E-state index is 13.1. The zero-order chi connectivity index (χ0) is 22.5. The molecule has 0 unspecified atom stereocenters. The van der Waals surface area contributed by atoms with Crippen LogP contribution in [0.4, 0.5) is 10.3 Å². The second kappa shape index (κ2) is 9.77. The Morgan fingerprint density at radius 3 is 2.62 bits per heavy atom. The third-order valence-electron chi connectivity index (χ3n) is 5.80. The average Bonchev–Trinajstić information content (AvgIpc) is 3.18. The van der Waals surface area contributed by atoms with Gasteiger partial charge in [0, 0.05) is 31.5 Å². The van der Waals surface area contributed by atoms with Gasteiger partial charge in [0.15, 0.2) is 0 Å². The van der Waals surface area contributed by atoms with Gasteiger partial charge in [-0.2, -0.15) is 0 Å². The molecule has 0 amide bonds. The molecule has 2 aromatic carbocycles. The molecule has 0 spiro atoms. The van der Waals surface area contributed by atoms with Gasteiger partial charge in [0.2, 0.25) is 5.95 Å². The SMILES string of the molecule is CN(CCCOc1ccc2c(c1)CC[C@H]2CC(=O)O)c1ncc(-c2ccc(F)cc2)cn1. The molecule has 32 heavy (non-hydrogen) atoms. The van der Waals surface area contributed by atoms with Gasteiger partial charge >= 0.3 is 5.97 Å². The molecule has 1 aliphatic rings. The summed E-state index contributed by atoms with van der Waals surface area (Å²) in [6, 6.07) is 12.2. The van der Waals surface area contributed by atoms with Crippen LogP contribution in [0.1, 0.15) is 36.3 Å². The molecule has 3 aromatic rings. The minimum atomic E-state index is -0.749. The number of aromatic nitrogens is 2. The van der Waals surface area contributed by atoms with Crippen molar-refractivity contribution < 1.29 is 19.0 Å². The number of anilines is 1. The van der Waals surface area contributed by atoms with Crippen molar-refractivity contribution in [2.24, 2.45) is 0 Å². The maximum atomic E-state index is 13.1. The van der Waals surface area contributed by atoms with Crippen LogP contribution < -0.4 is 9.64 Å². The summed E-state index contributed by atoms with van der Waals surface area (Å²) < 4.78 is 19.0. The monoisotopic (exact) mass is 435 g/mol. The fourth-order valence-corrected chi connectivity index (χ4v) is 4.10. The third-order valence-corrected chi connectivity index (χ3v) is 5.80. The summed E-state index contributed by atoms with van der Waals surface area (Å²) >= 11 is 0. The number of fused-ring (bicyclic) bond motifs is 1. The van der Waals surface area contributed by atoms with Gasteiger partial charge in [-0.05, 0) is 66.1 Å². The van der Waals surface area contributed by atoms with Crippen LogP contribution in [0.2, 0.25) is 0 Å². The van der Waals surface area contributed by atoms with Crippen molar-refractivity contribution in [3.8, 4) is 16.9 Å². The van der Waals surface area contributed by atoms with E-state index in [0.717, 1.165) is 48.2 Å². The van der Waals surface area contributed by atoms with E-state index in [9.17, 15) is 9.18 Å². The fraction of sp³-hybridized carbons (Fsp3) is 0.320. The summed E-state index contributed by atoms with van der Waals surface area (Å²) in [4.78, 5) is 21.8. The van der Waals surface area contributed by atoms with E-state index < -0.39 is 5.97 Å². The number of hydrogen-bond donors (Lipinski definition) is 1. The number of halogens is 1. The fourth-order valence-electron chi connectivity index (χ4n) is 4.10. The molecule has 0 radical (unpaired) electrons. The van der Waals surface area contributed by atoms with E-state index in [1.165, 1.54) is 17.7 Å². The molecule has 0 aliphatic heterocycles. The normalized spacial score (nSPS) is 14.8. The largest absolute Gasteiger partial charge is 0.494 e. The highest BCUT2D eigenvalue weighted by atomic mass is 19.1. The van der Waals surface area contributed by atoms with Gasteiger partial charge in [0.25, 0.3) is 0 Å². The second-order valence-corrected chi connectivity index (χ2v) is 8.10. The Labute approximate surface area is 186 Å². The van der Waals surface area contributed by atoms with Gasteiger partial charge in [-0.25, -0.2) is 14.4 Å². The molecule has 1 aromatic heterocycles. The predicted octanol–water partition coefficient (Wildman–Crippen LogP) is 4.69. The lowest BCUT2D eigenvalue weighted by Crippen LogP contribution is -2.22. The number of carboxylic acid groups (broad SMARTS) is 1. The van der Waals surface area contributed by atoms with E-state index in [0.29, 0.717) is 12.6 Å². The quantitative estimate of drug-likeness (QED) is 0.492. The van der Waals surface area contributed by atoms with E-state index in [2.05, 4.69) is 9.97 Å². The summed E-state index contributed by atoms with van der Waals surface area (Å²) in [7, 11) is 1.94. The zero-order valence-corrected chi connectivity index (χ0v) is 18.0. The molecule has 1 N–H and O–H groups in total. The van der Waals surface area contributed by atoms with E-state index >= 15 is 0 Å². The molecule has 1 atom stereocenters. The van der Waals surface area contributed by atoms with Gasteiger partial charge in [-0.3, -0.25) is 4.79 Å². The van der Waals surface area contributed by atoms with E-state index in [1.807, 2.05) is 30.1 Å². The Kier molecular flexibility index (Phi) is 6.63. The third kappa shape index (κ3) is 5.22. The van der Waals surface area contributed by atoms with Crippen LogP contribution in [0, 0.1) is 5.82 Å². The number of nitrogens with zero attached hydrogens (tertiary/aromatic N) is 3. The van der Waals surface area contributed by atoms with Crippen molar-refractivity contribution in [3.05, 3.63) is 71.8 Å². The lowest BCUT2D eigenvalue weighted by atomic mass is 9.98. The molecular weight excluding hydrogens is 409 g/mol. The molecule has 0 saturated heterocycles. The van der Waals surface area contributed by atoms with E-state index in [1.54, 1.807) is 24.5 Å². The Balaban J connectivity index is 1.25. The molecule has 1 aliphatic carbocycles. The smallest absolute Gasteiger partial charge is 0.303 e. The van der Waals surface area contributed by atoms with Gasteiger partial charge in [-0.15, -0.1) is 0 Å². The van der Waals surface area contributed by atoms with Crippen molar-refractivity contribution in [3.63, 3.8) is 0 Å². The molecule has 6 nitrogen and oxygen atoms in total. The van der Waals surface area contributed by atoms with Crippen molar-refractivity contribution in [1.29, 1.82) is 0 Å². The first kappa shape index (κ1) is 21.7. The van der Waals surface area contributed by atoms with Crippen LogP contribution in [0.5, 0.6) is 5.75 Å². The first-order valence-electron chi connectivity index (χ1n) is 10.8. The van der Waals surface area contributed by atoms with Crippen LogP contribution >= 0.6 is 0 Å². The summed E-state index contributed by atoms with van der Waals surface area (Å²) in [5, 5.41) is 9.05. The Morgan fingerprint density at radius 2 is 1.91 bits per heavy atom. The van der Waals surface area contributed by atoms with Crippen molar-refractivity contribution in [2.45, 2.75) is 31.6 Å². The lowest BCUT2D eigenvalue weighted by molar-refractivity contribution is -0.137. The summed E-state index contributed by atoms with van der Waals surface area (Å²) in [5.41, 5.74) is 4.05. The first-order valence-corrected chi connectivity index (χ1v) is 10.8. The molecule has 0 bridgehead atoms. The average molecular weight is 435 g/mol. The van der Waals surface area contributed by atoms with Crippen molar-refractivity contribution >= 4 is 11.9 Å². The molecule has 7 heteroatoms. The standard InChI is InChI=1S/C25H26FN3O3/c1-29(25-27-15-20(16-28-25)17-5-7-21(26)8-6-17)11-2-12-32-22-9-10-23-18(13-22)3-4-19(23)14-24(30)31/h5-10,13,15-16,19H,2-4,11-12,14H2,1H3,(H,30,31)/t19-/m0/s1. The number of carbonyl (C=O) groups is 1. The van der Waals surface area contributed by atoms with Crippen LogP contribution in [-0.2, 0) is 11.2 Å². The number of carboxylic acids is 1. The number of rotatable bonds is 9. The topological polar surface area (TPSA) is 75.5 Å². The molecule has 0 saturated carbocycles. The number of ether oxygens (including phenoxy) is 1. The summed E-state index contributed by atoms with van der Waals surface area (Å²) in [6.07, 6.45) is 6.26. The van der Waals surface area contributed by atoms with Crippen molar-refractivity contribution in [2.75, 3.05) is 25.1 Å². The number of hydrogen-bond acceptors (Lipinski definition) is 5. The Hall–Kier alpha value is -3.48. The summed E-state index contributed by atoms with van der Waals surface area (Å²) in [6.45, 7) is 1.30. The highest BCUT2D eigenvalue weighted by Crippen LogP contribution is 2.37. The van der Waals surface area contributed by atoms with Crippen LogP contribution in [-0.4, -0.2) is 41.2 Å². The molecule has 166 valence electrons. The number of aliphatic carboxylic acids is 1. The number of aryl methyl sites for hydroxylation is 1. The Morgan fingerprint density at radius 1 is 1.16 bits per heavy atom. The number of benzene rings is 2. The maximum Gasteiger partial charge on any atom is 0.303 e. The predicted molar refractivity (Wildman–Crippen MR) is 121 cm³/mol. The molecule has 4 rings (SSSR count). The Bertz CT molecular complexity index is 1070. The van der Waals surface area contributed by atoms with Crippen LogP contribution in [0.3, 0.4) is 0 Å². The van der Waals surface area contributed by atoms with E-state index in [-0.39, 0.29) is 18.2 Å². The van der Waals surface area contributed by atoms with Crippen molar-refractivity contribution in [1.82, 2.24) is 9.97 Å². The van der Waals surface area contributed by atoms with Crippen LogP contribution in [0.15, 0.2) is 54.9 Å². The molecule has 1 heterocycles. The zero-order valence-electron chi connectivity index (χ0n) is 18.0. The van der Waals surface area contributed by atoms with Gasteiger partial charge < -0.3 is 14.7 Å².